The van der Waals surface area contributed by atoms with Gasteiger partial charge in [0.25, 0.3) is 0 Å². The number of rotatable bonds is 2. The van der Waals surface area contributed by atoms with Gasteiger partial charge in [0.05, 0.1) is 6.10 Å². The smallest absolute Gasteiger partial charge is 0.234 e. The zero-order chi connectivity index (χ0) is 15.6. The van der Waals surface area contributed by atoms with Crippen LogP contribution in [0.25, 0.3) is 0 Å². The maximum absolute atomic E-state index is 10.9. The fourth-order valence-corrected chi connectivity index (χ4v) is 3.59. The summed E-state index contributed by atoms with van der Waals surface area (Å²) >= 11 is 0. The first-order chi connectivity index (χ1) is 9.51. The largest absolute Gasteiger partial charge is 0.380 e. The van der Waals surface area contributed by atoms with E-state index in [2.05, 4.69) is 0 Å². The van der Waals surface area contributed by atoms with Crippen molar-refractivity contribution in [2.75, 3.05) is 6.54 Å². The van der Waals surface area contributed by atoms with E-state index in [9.17, 15) is 15.2 Å². The van der Waals surface area contributed by atoms with E-state index < -0.39 is 53.1 Å². The predicted molar refractivity (Wildman–Crippen MR) is 69.1 cm³/mol. The maximum atomic E-state index is 10.9. The summed E-state index contributed by atoms with van der Waals surface area (Å²) in [5.74, 6) is -1.74. The highest BCUT2D eigenvalue weighted by Crippen LogP contribution is 2.48. The normalized spacial score (nSPS) is 46.9. The lowest BCUT2D eigenvalue weighted by molar-refractivity contribution is -0.507. The summed E-state index contributed by atoms with van der Waals surface area (Å²) in [5, 5.41) is 21.7. The van der Waals surface area contributed by atoms with E-state index in [4.69, 9.17) is 18.9 Å². The van der Waals surface area contributed by atoms with E-state index in [1.54, 1.807) is 27.7 Å². The molecule has 3 fully saturated rings. The molecule has 2 aliphatic heterocycles. The molecule has 21 heavy (non-hydrogen) atoms. The minimum Gasteiger partial charge on any atom is -0.380 e. The Balaban J connectivity index is 1.94. The van der Waals surface area contributed by atoms with Crippen LogP contribution in [0.5, 0.6) is 0 Å². The molecule has 1 aliphatic carbocycles. The Morgan fingerprint density at radius 2 is 1.67 bits per heavy atom. The highest BCUT2D eigenvalue weighted by molar-refractivity contribution is 5.10. The van der Waals surface area contributed by atoms with Crippen molar-refractivity contribution in [3.8, 4) is 0 Å². The van der Waals surface area contributed by atoms with Gasteiger partial charge in [0.2, 0.25) is 6.54 Å². The third kappa shape index (κ3) is 2.55. The van der Waals surface area contributed by atoms with E-state index in [0.717, 1.165) is 0 Å². The molecule has 120 valence electrons. The van der Waals surface area contributed by atoms with Crippen LogP contribution in [-0.4, -0.2) is 58.2 Å². The van der Waals surface area contributed by atoms with Gasteiger partial charge in [-0.05, 0) is 27.7 Å². The number of aliphatic hydroxyl groups is 1. The van der Waals surface area contributed by atoms with Gasteiger partial charge in [-0.2, -0.15) is 0 Å². The quantitative estimate of drug-likeness (QED) is 0.583. The number of nitrogens with zero attached hydrogens (tertiary/aromatic N) is 1. The molecule has 8 nitrogen and oxygen atoms in total. The first kappa shape index (κ1) is 15.1. The highest BCUT2D eigenvalue weighted by atomic mass is 16.8. The fourth-order valence-electron chi connectivity index (χ4n) is 3.59. The Hall–Kier alpha value is -0.800. The van der Waals surface area contributed by atoms with E-state index in [1.807, 2.05) is 0 Å². The lowest BCUT2D eigenvalue weighted by atomic mass is 9.77. The molecule has 2 heterocycles. The summed E-state index contributed by atoms with van der Waals surface area (Å²) in [7, 11) is 0. The van der Waals surface area contributed by atoms with Crippen LogP contribution in [0.2, 0.25) is 0 Å². The molecular weight excluding hydrogens is 282 g/mol. The Morgan fingerprint density at radius 1 is 1.10 bits per heavy atom. The summed E-state index contributed by atoms with van der Waals surface area (Å²) in [6.07, 6.45) is -2.17. The SMILES string of the molecule is CC1(C)O[C@@H]2[C@@H]3OC(C)(C)O[C@H]3[C@](O)(C[N+](=O)[O-])C[C@@H]2O1. The van der Waals surface area contributed by atoms with E-state index >= 15 is 0 Å². The van der Waals surface area contributed by atoms with Crippen LogP contribution in [0.4, 0.5) is 0 Å². The van der Waals surface area contributed by atoms with Gasteiger partial charge in [-0.3, -0.25) is 10.1 Å². The molecule has 1 saturated carbocycles. The second-order valence-corrected chi connectivity index (χ2v) is 6.96. The Morgan fingerprint density at radius 3 is 2.29 bits per heavy atom. The van der Waals surface area contributed by atoms with Crippen molar-refractivity contribution < 1.29 is 29.0 Å². The van der Waals surface area contributed by atoms with Crippen LogP contribution in [-0.2, 0) is 18.9 Å². The summed E-state index contributed by atoms with van der Waals surface area (Å²) in [4.78, 5) is 10.4. The fraction of sp³-hybridized carbons (Fsp3) is 1.00. The van der Waals surface area contributed by atoms with E-state index in [1.165, 1.54) is 0 Å². The average molecular weight is 303 g/mol. The average Bonchev–Trinajstić information content (AvgIpc) is 2.73. The molecule has 8 heteroatoms. The zero-order valence-corrected chi connectivity index (χ0v) is 12.6. The Bertz CT molecular complexity index is 465. The standard InChI is InChI=1S/C13H21NO7/c1-11(2)18-7-5-13(15,6-14(16)17)10-9(8(7)19-11)20-12(3,4)21-10/h7-10,15H,5-6H2,1-4H3/t7-,8-,9-,10+,13+/m0/s1. The molecule has 0 radical (unpaired) electrons. The second-order valence-electron chi connectivity index (χ2n) is 6.96. The molecule has 0 aromatic heterocycles. The third-order valence-electron chi connectivity index (χ3n) is 4.16. The van der Waals surface area contributed by atoms with Crippen molar-refractivity contribution in [3.05, 3.63) is 10.1 Å². The minimum atomic E-state index is -1.63. The second kappa shape index (κ2) is 4.36. The summed E-state index contributed by atoms with van der Waals surface area (Å²) in [6, 6.07) is 0. The number of hydrogen-bond donors (Lipinski definition) is 1. The van der Waals surface area contributed by atoms with Crippen LogP contribution >= 0.6 is 0 Å². The van der Waals surface area contributed by atoms with Gasteiger partial charge >= 0.3 is 0 Å². The Kier molecular flexibility index (Phi) is 3.14. The van der Waals surface area contributed by atoms with Crippen molar-refractivity contribution in [1.82, 2.24) is 0 Å². The predicted octanol–water partition coefficient (Wildman–Crippen LogP) is 0.438. The first-order valence-corrected chi connectivity index (χ1v) is 7.07. The van der Waals surface area contributed by atoms with Crippen LogP contribution in [0.15, 0.2) is 0 Å². The number of fused-ring (bicyclic) bond motifs is 3. The van der Waals surface area contributed by atoms with Crippen molar-refractivity contribution in [1.29, 1.82) is 0 Å². The molecule has 3 rings (SSSR count). The molecule has 0 aromatic carbocycles. The lowest BCUT2D eigenvalue weighted by Gasteiger charge is -2.41. The molecule has 0 aromatic rings. The molecule has 0 spiro atoms. The van der Waals surface area contributed by atoms with Crippen molar-refractivity contribution in [3.63, 3.8) is 0 Å². The number of nitro groups is 1. The van der Waals surface area contributed by atoms with E-state index in [-0.39, 0.29) is 6.42 Å². The molecular formula is C13H21NO7. The molecule has 0 amide bonds. The number of ether oxygens (including phenoxy) is 4. The topological polar surface area (TPSA) is 100 Å². The van der Waals surface area contributed by atoms with Gasteiger partial charge in [-0.25, -0.2) is 0 Å². The van der Waals surface area contributed by atoms with Crippen LogP contribution < -0.4 is 0 Å². The molecule has 0 bridgehead atoms. The molecule has 1 N–H and O–H groups in total. The van der Waals surface area contributed by atoms with Gasteiger partial charge < -0.3 is 24.1 Å². The first-order valence-electron chi connectivity index (χ1n) is 7.07. The van der Waals surface area contributed by atoms with E-state index in [0.29, 0.717) is 0 Å². The monoisotopic (exact) mass is 303 g/mol. The molecule has 0 unspecified atom stereocenters. The number of hydrogen-bond acceptors (Lipinski definition) is 7. The maximum Gasteiger partial charge on any atom is 0.234 e. The lowest BCUT2D eigenvalue weighted by Crippen LogP contribution is -2.63. The zero-order valence-electron chi connectivity index (χ0n) is 12.6. The van der Waals surface area contributed by atoms with Gasteiger partial charge in [-0.1, -0.05) is 0 Å². The molecule has 2 saturated heterocycles. The van der Waals surface area contributed by atoms with Gasteiger partial charge in [0.1, 0.15) is 18.3 Å². The highest BCUT2D eigenvalue weighted by Gasteiger charge is 2.66. The third-order valence-corrected chi connectivity index (χ3v) is 4.16. The minimum absolute atomic E-state index is 0.0860. The molecule has 5 atom stereocenters. The van der Waals surface area contributed by atoms with Crippen molar-refractivity contribution in [2.24, 2.45) is 0 Å². The van der Waals surface area contributed by atoms with Gasteiger partial charge in [0.15, 0.2) is 17.2 Å². The molecule has 3 aliphatic rings. The van der Waals surface area contributed by atoms with Gasteiger partial charge in [-0.15, -0.1) is 0 Å². The Labute approximate surface area is 122 Å². The summed E-state index contributed by atoms with van der Waals surface area (Å²) < 4.78 is 23.2. The van der Waals surface area contributed by atoms with Crippen LogP contribution in [0, 0.1) is 10.1 Å². The van der Waals surface area contributed by atoms with Crippen molar-refractivity contribution in [2.45, 2.75) is 75.7 Å². The van der Waals surface area contributed by atoms with Crippen LogP contribution in [0.1, 0.15) is 34.1 Å². The van der Waals surface area contributed by atoms with Gasteiger partial charge in [0, 0.05) is 11.3 Å². The summed E-state index contributed by atoms with van der Waals surface area (Å²) in [5.41, 5.74) is -1.63. The van der Waals surface area contributed by atoms with Crippen molar-refractivity contribution >= 4 is 0 Å². The summed E-state index contributed by atoms with van der Waals surface area (Å²) in [6.45, 7) is 6.37. The van der Waals surface area contributed by atoms with Crippen LogP contribution in [0.3, 0.4) is 0 Å².